The highest BCUT2D eigenvalue weighted by Crippen LogP contribution is 2.36. The van der Waals surface area contributed by atoms with E-state index >= 15 is 0 Å². The second kappa shape index (κ2) is 6.75. The molecule has 2 heterocycles. The van der Waals surface area contributed by atoms with Crippen LogP contribution in [0.15, 0.2) is 50.2 Å². The van der Waals surface area contributed by atoms with Crippen LogP contribution in [0.3, 0.4) is 0 Å². The number of carbonyl (C=O) groups excluding carboxylic acids is 1. The average molecular weight is 434 g/mol. The highest BCUT2D eigenvalue weighted by molar-refractivity contribution is 7.89. The van der Waals surface area contributed by atoms with Gasteiger partial charge in [-0.25, -0.2) is 17.9 Å². The zero-order valence-corrected chi connectivity index (χ0v) is 17.5. The van der Waals surface area contributed by atoms with Crippen molar-refractivity contribution >= 4 is 38.0 Å². The third-order valence-corrected chi connectivity index (χ3v) is 7.66. The first-order valence-corrected chi connectivity index (χ1v) is 11.3. The summed E-state index contributed by atoms with van der Waals surface area (Å²) in [4.78, 5) is 38.4. The molecule has 8 nitrogen and oxygen atoms in total. The number of ketones is 1. The highest BCUT2D eigenvalue weighted by Gasteiger charge is 2.41. The maximum atomic E-state index is 13.0. The molecule has 4 rings (SSSR count). The number of nitrogens with one attached hydrogen (secondary N) is 1. The topological polar surface area (TPSA) is 107 Å². The number of sulfonamides is 1. The molecule has 1 aliphatic carbocycles. The van der Waals surface area contributed by atoms with Gasteiger partial charge in [-0.2, -0.15) is 0 Å². The van der Waals surface area contributed by atoms with Gasteiger partial charge in [0.25, 0.3) is 5.56 Å². The Morgan fingerprint density at radius 2 is 1.97 bits per heavy atom. The summed E-state index contributed by atoms with van der Waals surface area (Å²) < 4.78 is 30.1. The predicted molar refractivity (Wildman–Crippen MR) is 110 cm³/mol. The normalized spacial score (nSPS) is 15.5. The maximum absolute atomic E-state index is 13.0. The molecule has 0 radical (unpaired) electrons. The van der Waals surface area contributed by atoms with Gasteiger partial charge in [0.2, 0.25) is 10.0 Å². The van der Waals surface area contributed by atoms with Crippen molar-refractivity contribution in [2.24, 2.45) is 7.05 Å². The SMILES string of the molecule is Cn1c(=O)n(CC(=O)c2cccs2)c(=O)c2cc(S(=O)(=O)NC3(C)CC3)ccc21. The van der Waals surface area contributed by atoms with E-state index in [-0.39, 0.29) is 16.1 Å². The fraction of sp³-hybridized carbons (Fsp3) is 0.316. The lowest BCUT2D eigenvalue weighted by molar-refractivity contribution is 0.0973. The Bertz CT molecular complexity index is 1350. The summed E-state index contributed by atoms with van der Waals surface area (Å²) in [5.41, 5.74) is -1.48. The Balaban J connectivity index is 1.83. The lowest BCUT2D eigenvalue weighted by atomic mass is 10.2. The first-order chi connectivity index (χ1) is 13.6. The Kier molecular flexibility index (Phi) is 4.60. The second-order valence-corrected chi connectivity index (χ2v) is 10.1. The van der Waals surface area contributed by atoms with E-state index in [0.717, 1.165) is 17.4 Å². The summed E-state index contributed by atoms with van der Waals surface area (Å²) in [6.07, 6.45) is 1.51. The van der Waals surface area contributed by atoms with Crippen molar-refractivity contribution < 1.29 is 13.2 Å². The van der Waals surface area contributed by atoms with Gasteiger partial charge >= 0.3 is 5.69 Å². The van der Waals surface area contributed by atoms with Crippen LogP contribution in [-0.2, 0) is 23.6 Å². The molecule has 1 aliphatic rings. The van der Waals surface area contributed by atoms with Crippen molar-refractivity contribution in [3.8, 4) is 0 Å². The zero-order chi connectivity index (χ0) is 21.0. The summed E-state index contributed by atoms with van der Waals surface area (Å²) >= 11 is 1.23. The lowest BCUT2D eigenvalue weighted by Crippen LogP contribution is -2.41. The average Bonchev–Trinajstić information content (AvgIpc) is 3.16. The van der Waals surface area contributed by atoms with Crippen LogP contribution in [0.5, 0.6) is 0 Å². The molecule has 0 saturated heterocycles. The van der Waals surface area contributed by atoms with Crippen LogP contribution < -0.4 is 16.0 Å². The molecule has 0 spiro atoms. The van der Waals surface area contributed by atoms with Crippen molar-refractivity contribution in [1.82, 2.24) is 13.9 Å². The van der Waals surface area contributed by atoms with Gasteiger partial charge in [-0.15, -0.1) is 11.3 Å². The lowest BCUT2D eigenvalue weighted by Gasteiger charge is -2.14. The molecule has 1 saturated carbocycles. The van der Waals surface area contributed by atoms with Gasteiger partial charge in [0.15, 0.2) is 5.78 Å². The molecule has 0 amide bonds. The predicted octanol–water partition coefficient (Wildman–Crippen LogP) is 1.48. The van der Waals surface area contributed by atoms with Crippen LogP contribution in [0, 0.1) is 0 Å². The zero-order valence-electron chi connectivity index (χ0n) is 15.8. The van der Waals surface area contributed by atoms with Gasteiger partial charge in [0.05, 0.1) is 27.2 Å². The molecule has 0 atom stereocenters. The molecule has 0 aliphatic heterocycles. The molecule has 0 bridgehead atoms. The van der Waals surface area contributed by atoms with E-state index in [1.165, 1.54) is 41.2 Å². The van der Waals surface area contributed by atoms with Crippen LogP contribution in [0.1, 0.15) is 29.4 Å². The van der Waals surface area contributed by atoms with Crippen LogP contribution >= 0.6 is 11.3 Å². The van der Waals surface area contributed by atoms with Gasteiger partial charge in [-0.1, -0.05) is 6.07 Å². The number of hydrogen-bond donors (Lipinski definition) is 1. The van der Waals surface area contributed by atoms with Crippen LogP contribution in [0.2, 0.25) is 0 Å². The largest absolute Gasteiger partial charge is 0.331 e. The minimum absolute atomic E-state index is 0.0509. The summed E-state index contributed by atoms with van der Waals surface area (Å²) in [5.74, 6) is -0.356. The second-order valence-electron chi connectivity index (χ2n) is 7.48. The van der Waals surface area contributed by atoms with Gasteiger partial charge < -0.3 is 0 Å². The smallest absolute Gasteiger partial charge is 0.296 e. The highest BCUT2D eigenvalue weighted by atomic mass is 32.2. The van der Waals surface area contributed by atoms with Gasteiger partial charge in [0.1, 0.15) is 0 Å². The number of aromatic nitrogens is 2. The van der Waals surface area contributed by atoms with Gasteiger partial charge in [-0.05, 0) is 49.4 Å². The Labute approximate surface area is 170 Å². The van der Waals surface area contributed by atoms with E-state index in [1.54, 1.807) is 17.5 Å². The van der Waals surface area contributed by atoms with Gasteiger partial charge in [0, 0.05) is 12.6 Å². The molecule has 1 aromatic carbocycles. The van der Waals surface area contributed by atoms with Crippen molar-refractivity contribution in [1.29, 1.82) is 0 Å². The molecular formula is C19H19N3O5S2. The van der Waals surface area contributed by atoms with Crippen LogP contribution in [-0.4, -0.2) is 28.9 Å². The molecule has 152 valence electrons. The summed E-state index contributed by atoms with van der Waals surface area (Å²) in [5, 5.41) is 1.80. The quantitative estimate of drug-likeness (QED) is 0.593. The van der Waals surface area contributed by atoms with Crippen molar-refractivity contribution in [3.05, 3.63) is 61.4 Å². The fourth-order valence-corrected chi connectivity index (χ4v) is 5.28. The van der Waals surface area contributed by atoms with Crippen molar-refractivity contribution in [2.75, 3.05) is 0 Å². The molecule has 1 fully saturated rings. The van der Waals surface area contributed by atoms with E-state index in [2.05, 4.69) is 4.72 Å². The maximum Gasteiger partial charge on any atom is 0.331 e. The number of thiophene rings is 1. The summed E-state index contributed by atoms with van der Waals surface area (Å²) in [6, 6.07) is 7.41. The number of nitrogens with zero attached hydrogens (tertiary/aromatic N) is 2. The molecule has 3 aromatic rings. The standard InChI is InChI=1S/C19H19N3O5S2/c1-19(7-8-19)20-29(26,27)12-5-6-14-13(10-12)17(24)22(18(25)21(14)2)11-15(23)16-4-3-9-28-16/h3-6,9-10,20H,7-8,11H2,1-2H3. The first kappa shape index (κ1) is 19.7. The van der Waals surface area contributed by atoms with E-state index in [9.17, 15) is 22.8 Å². The molecule has 0 unspecified atom stereocenters. The first-order valence-electron chi connectivity index (χ1n) is 8.96. The molecular weight excluding hydrogens is 414 g/mol. The third kappa shape index (κ3) is 3.59. The van der Waals surface area contributed by atoms with Crippen molar-refractivity contribution in [2.45, 2.75) is 36.7 Å². The van der Waals surface area contributed by atoms with Gasteiger partial charge in [-0.3, -0.25) is 18.7 Å². The number of rotatable bonds is 6. The minimum atomic E-state index is -3.81. The number of hydrogen-bond acceptors (Lipinski definition) is 6. The number of fused-ring (bicyclic) bond motifs is 1. The monoisotopic (exact) mass is 433 g/mol. The van der Waals surface area contributed by atoms with Crippen LogP contribution in [0.4, 0.5) is 0 Å². The molecule has 1 N–H and O–H groups in total. The number of Topliss-reactive ketones (excluding diaryl/α,β-unsaturated/α-hetero) is 1. The summed E-state index contributed by atoms with van der Waals surface area (Å²) in [7, 11) is -2.33. The number of aryl methyl sites for hydroxylation is 1. The number of benzene rings is 1. The van der Waals surface area contributed by atoms with Crippen LogP contribution in [0.25, 0.3) is 10.9 Å². The Morgan fingerprint density at radius 3 is 2.59 bits per heavy atom. The fourth-order valence-electron chi connectivity index (χ4n) is 3.13. The van der Waals surface area contributed by atoms with E-state index in [0.29, 0.717) is 10.4 Å². The molecule has 29 heavy (non-hydrogen) atoms. The Morgan fingerprint density at radius 1 is 1.24 bits per heavy atom. The summed E-state index contributed by atoms with van der Waals surface area (Å²) in [6.45, 7) is 1.41. The van der Waals surface area contributed by atoms with E-state index in [1.807, 2.05) is 6.92 Å². The number of carbonyl (C=O) groups is 1. The van der Waals surface area contributed by atoms with E-state index < -0.39 is 33.4 Å². The third-order valence-electron chi connectivity index (χ3n) is 5.11. The Hall–Kier alpha value is -2.56. The van der Waals surface area contributed by atoms with Crippen molar-refractivity contribution in [3.63, 3.8) is 0 Å². The minimum Gasteiger partial charge on any atom is -0.296 e. The van der Waals surface area contributed by atoms with E-state index in [4.69, 9.17) is 0 Å². The molecule has 2 aromatic heterocycles. The molecule has 10 heteroatoms.